The molecule has 0 saturated carbocycles. The van der Waals surface area contributed by atoms with Gasteiger partial charge in [0, 0.05) is 27.2 Å². The maximum Gasteiger partial charge on any atom is 0.0547 e. The molecule has 0 amide bonds. The molecule has 2 heterocycles. The van der Waals surface area contributed by atoms with Crippen molar-refractivity contribution in [2.24, 2.45) is 0 Å². The summed E-state index contributed by atoms with van der Waals surface area (Å²) >= 11 is 0. The Hall–Kier alpha value is -5.08. The molecule has 8 rings (SSSR count). The van der Waals surface area contributed by atoms with Gasteiger partial charge in [-0.25, -0.2) is 0 Å². The molecule has 2 nitrogen and oxygen atoms in total. The van der Waals surface area contributed by atoms with Crippen LogP contribution in [0.15, 0.2) is 103 Å². The van der Waals surface area contributed by atoms with Crippen molar-refractivity contribution in [3.05, 3.63) is 142 Å². The number of hydrogen-bond acceptors (Lipinski definition) is 0. The lowest BCUT2D eigenvalue weighted by Gasteiger charge is -2.27. The van der Waals surface area contributed by atoms with E-state index in [9.17, 15) is 0 Å². The maximum absolute atomic E-state index is 2.60. The van der Waals surface area contributed by atoms with Gasteiger partial charge in [-0.05, 0) is 143 Å². The highest BCUT2D eigenvalue weighted by atomic mass is 15.0. The molecule has 0 aliphatic rings. The minimum Gasteiger partial charge on any atom is -0.309 e. The average Bonchev–Trinajstić information content (AvgIpc) is 3.70. The Kier molecular flexibility index (Phi) is 10.9. The fourth-order valence-corrected chi connectivity index (χ4v) is 9.93. The standard InChI is InChI=1S/C63H78N2/c1-38(2)55-53(65-50-26-24-40(58(3,4)5)36-48(50)49-37-41(59(6,7)8)25-27-51(49)65)28-29-54-57(55)56-47(39-30-42(60(9,10)11)32-43(31-39)61(12,13)14)22-21-23-52(56)64(54)46-34-44(62(15,16)17)33-45(35-46)63(18,19)20/h21-38H,1-20H3. The van der Waals surface area contributed by atoms with Gasteiger partial charge in [0.2, 0.25) is 0 Å². The van der Waals surface area contributed by atoms with Crippen LogP contribution in [0.5, 0.6) is 0 Å². The van der Waals surface area contributed by atoms with Gasteiger partial charge >= 0.3 is 0 Å². The second-order valence-electron chi connectivity index (χ2n) is 25.9. The second-order valence-corrected chi connectivity index (χ2v) is 25.9. The van der Waals surface area contributed by atoms with E-state index in [2.05, 4.69) is 251 Å². The average molecular weight is 863 g/mol. The summed E-state index contributed by atoms with van der Waals surface area (Å²) in [6.07, 6.45) is 0. The van der Waals surface area contributed by atoms with Gasteiger partial charge in [0.1, 0.15) is 0 Å². The molecule has 340 valence electrons. The molecule has 6 aromatic carbocycles. The molecule has 0 saturated heterocycles. The zero-order valence-corrected chi connectivity index (χ0v) is 43.8. The zero-order chi connectivity index (χ0) is 47.7. The third-order valence-electron chi connectivity index (χ3n) is 14.2. The molecule has 2 aromatic heterocycles. The lowest BCUT2D eigenvalue weighted by Crippen LogP contribution is -2.17. The monoisotopic (exact) mass is 863 g/mol. The third-order valence-corrected chi connectivity index (χ3v) is 14.2. The predicted molar refractivity (Wildman–Crippen MR) is 287 cm³/mol. The van der Waals surface area contributed by atoms with Crippen LogP contribution < -0.4 is 0 Å². The van der Waals surface area contributed by atoms with Crippen LogP contribution in [-0.4, -0.2) is 9.13 Å². The fourth-order valence-electron chi connectivity index (χ4n) is 9.93. The smallest absolute Gasteiger partial charge is 0.0547 e. The summed E-state index contributed by atoms with van der Waals surface area (Å²) in [6, 6.07) is 41.2. The SMILES string of the molecule is CC(C)c1c(-n2c3ccc(C(C)(C)C)cc3c3cc(C(C)(C)C)ccc32)ccc2c1c1c(-c3cc(C(C)(C)C)cc(C(C)(C)C)c3)cccc1n2-c1cc(C(C)(C)C)cc(C(C)(C)C)c1. The Morgan fingerprint density at radius 2 is 0.754 bits per heavy atom. The Morgan fingerprint density at radius 3 is 1.17 bits per heavy atom. The molecule has 2 heteroatoms. The van der Waals surface area contributed by atoms with E-state index in [1.807, 2.05) is 0 Å². The summed E-state index contributed by atoms with van der Waals surface area (Å²) in [6.45, 7) is 47.0. The first-order chi connectivity index (χ1) is 29.9. The van der Waals surface area contributed by atoms with E-state index >= 15 is 0 Å². The van der Waals surface area contributed by atoms with Gasteiger partial charge in [-0.15, -0.1) is 0 Å². The first-order valence-corrected chi connectivity index (χ1v) is 24.4. The zero-order valence-electron chi connectivity index (χ0n) is 43.8. The normalized spacial score (nSPS) is 13.7. The van der Waals surface area contributed by atoms with Gasteiger partial charge in [-0.2, -0.15) is 0 Å². The molecular formula is C63H78N2. The van der Waals surface area contributed by atoms with Crippen molar-refractivity contribution in [1.82, 2.24) is 9.13 Å². The molecule has 0 fully saturated rings. The summed E-state index contributed by atoms with van der Waals surface area (Å²) < 4.78 is 5.20. The number of rotatable bonds is 4. The Labute approximate surface area is 392 Å². The number of benzene rings is 6. The van der Waals surface area contributed by atoms with Crippen molar-refractivity contribution in [3.8, 4) is 22.5 Å². The minimum absolute atomic E-state index is 0.0127. The summed E-state index contributed by atoms with van der Waals surface area (Å²) in [5.74, 6) is 0.216. The Bertz CT molecular complexity index is 3010. The van der Waals surface area contributed by atoms with Gasteiger partial charge in [0.15, 0.2) is 0 Å². The van der Waals surface area contributed by atoms with Gasteiger partial charge in [0.05, 0.1) is 27.8 Å². The quantitative estimate of drug-likeness (QED) is 0.167. The summed E-state index contributed by atoms with van der Waals surface area (Å²) in [5.41, 5.74) is 19.6. The Morgan fingerprint density at radius 1 is 0.354 bits per heavy atom. The van der Waals surface area contributed by atoms with E-state index in [0.29, 0.717) is 0 Å². The van der Waals surface area contributed by atoms with Crippen LogP contribution in [0.4, 0.5) is 0 Å². The highest BCUT2D eigenvalue weighted by Crippen LogP contribution is 2.48. The van der Waals surface area contributed by atoms with Gasteiger partial charge in [-0.3, -0.25) is 0 Å². The van der Waals surface area contributed by atoms with Crippen molar-refractivity contribution < 1.29 is 0 Å². The fraction of sp³-hybridized carbons (Fsp3) is 0.429. The highest BCUT2D eigenvalue weighted by Gasteiger charge is 2.29. The highest BCUT2D eigenvalue weighted by molar-refractivity contribution is 6.19. The van der Waals surface area contributed by atoms with E-state index in [4.69, 9.17) is 0 Å². The molecule has 0 aliphatic heterocycles. The van der Waals surface area contributed by atoms with E-state index in [1.165, 1.54) is 105 Å². The molecular weight excluding hydrogens is 785 g/mol. The van der Waals surface area contributed by atoms with Crippen molar-refractivity contribution in [2.45, 2.75) is 177 Å². The summed E-state index contributed by atoms with van der Waals surface area (Å²) in [5, 5.41) is 5.30. The number of hydrogen-bond donors (Lipinski definition) is 0. The lowest BCUT2D eigenvalue weighted by molar-refractivity contribution is 0.567. The van der Waals surface area contributed by atoms with Crippen LogP contribution in [0.3, 0.4) is 0 Å². The van der Waals surface area contributed by atoms with Crippen molar-refractivity contribution in [1.29, 1.82) is 0 Å². The molecule has 0 radical (unpaired) electrons. The van der Waals surface area contributed by atoms with E-state index < -0.39 is 0 Å². The van der Waals surface area contributed by atoms with Crippen LogP contribution in [0.2, 0.25) is 0 Å². The second kappa shape index (κ2) is 15.2. The van der Waals surface area contributed by atoms with Crippen molar-refractivity contribution >= 4 is 43.6 Å². The van der Waals surface area contributed by atoms with Gasteiger partial charge < -0.3 is 9.13 Å². The first kappa shape index (κ1) is 46.4. The van der Waals surface area contributed by atoms with Crippen molar-refractivity contribution in [3.63, 3.8) is 0 Å². The largest absolute Gasteiger partial charge is 0.309 e. The van der Waals surface area contributed by atoms with Crippen LogP contribution in [0.25, 0.3) is 66.1 Å². The third kappa shape index (κ3) is 8.27. The molecule has 0 unspecified atom stereocenters. The van der Waals surface area contributed by atoms with Crippen molar-refractivity contribution in [2.75, 3.05) is 0 Å². The molecule has 0 N–H and O–H groups in total. The summed E-state index contributed by atoms with van der Waals surface area (Å²) in [7, 11) is 0. The first-order valence-electron chi connectivity index (χ1n) is 24.4. The topological polar surface area (TPSA) is 9.86 Å². The lowest BCUT2D eigenvalue weighted by atomic mass is 9.78. The van der Waals surface area contributed by atoms with Crippen LogP contribution in [0.1, 0.15) is 183 Å². The number of nitrogens with zero attached hydrogens (tertiary/aromatic N) is 2. The molecule has 0 aliphatic carbocycles. The maximum atomic E-state index is 2.60. The van der Waals surface area contributed by atoms with Crippen LogP contribution in [0, 0.1) is 0 Å². The molecule has 8 aromatic rings. The Balaban J connectivity index is 1.60. The predicted octanol–water partition coefficient (Wildman–Crippen LogP) is 18.5. The van der Waals surface area contributed by atoms with E-state index in [0.717, 1.165) is 0 Å². The summed E-state index contributed by atoms with van der Waals surface area (Å²) in [4.78, 5) is 0. The van der Waals surface area contributed by atoms with E-state index in [-0.39, 0.29) is 38.4 Å². The molecule has 0 spiro atoms. The molecule has 0 bridgehead atoms. The minimum atomic E-state index is -0.0246. The van der Waals surface area contributed by atoms with Crippen LogP contribution in [-0.2, 0) is 32.5 Å². The number of aromatic nitrogens is 2. The number of fused-ring (bicyclic) bond motifs is 6. The van der Waals surface area contributed by atoms with E-state index in [1.54, 1.807) is 0 Å². The van der Waals surface area contributed by atoms with Crippen LogP contribution >= 0.6 is 0 Å². The molecule has 0 atom stereocenters. The van der Waals surface area contributed by atoms with Gasteiger partial charge in [-0.1, -0.05) is 187 Å². The van der Waals surface area contributed by atoms with Gasteiger partial charge in [0.25, 0.3) is 0 Å². The molecule has 65 heavy (non-hydrogen) atoms.